The predicted octanol–water partition coefficient (Wildman–Crippen LogP) is 1.62. The lowest BCUT2D eigenvalue weighted by Gasteiger charge is -2.27. The van der Waals surface area contributed by atoms with Gasteiger partial charge in [-0.15, -0.1) is 0 Å². The molecule has 1 amide bonds. The van der Waals surface area contributed by atoms with E-state index >= 15 is 0 Å². The van der Waals surface area contributed by atoms with Gasteiger partial charge in [-0.3, -0.25) is 9.59 Å². The number of carboxylic acid groups (broad SMARTS) is 1. The van der Waals surface area contributed by atoms with Crippen LogP contribution in [0, 0.1) is 5.92 Å². The molecule has 0 saturated carbocycles. The van der Waals surface area contributed by atoms with E-state index in [-0.39, 0.29) is 12.0 Å². The van der Waals surface area contributed by atoms with Crippen molar-refractivity contribution in [2.45, 2.75) is 25.4 Å². The molecule has 1 N–H and O–H groups in total. The Morgan fingerprint density at radius 2 is 2.14 bits per heavy atom. The van der Waals surface area contributed by atoms with Crippen LogP contribution >= 0.6 is 0 Å². The number of hydrogen-bond donors (Lipinski definition) is 1. The van der Waals surface area contributed by atoms with Crippen LogP contribution < -0.4 is 0 Å². The fourth-order valence-electron chi connectivity index (χ4n) is 3.12. The third-order valence-electron chi connectivity index (χ3n) is 4.34. The minimum atomic E-state index is -0.815. The second-order valence-electron chi connectivity index (χ2n) is 5.68. The van der Waals surface area contributed by atoms with Crippen LogP contribution in [0.4, 0.5) is 0 Å². The van der Waals surface area contributed by atoms with Crippen LogP contribution in [0.25, 0.3) is 0 Å². The SMILES string of the molecule is O=C(O)[C@H]1CCN(C(=O)C[C@@H]2OCCc3ccccc32)C1. The Kier molecular flexibility index (Phi) is 3.92. The normalized spacial score (nSPS) is 24.7. The summed E-state index contributed by atoms with van der Waals surface area (Å²) >= 11 is 0. The third-order valence-corrected chi connectivity index (χ3v) is 4.34. The van der Waals surface area contributed by atoms with Crippen molar-refractivity contribution < 1.29 is 19.4 Å². The van der Waals surface area contributed by atoms with Crippen molar-refractivity contribution in [2.24, 2.45) is 5.92 Å². The van der Waals surface area contributed by atoms with Gasteiger partial charge >= 0.3 is 5.97 Å². The van der Waals surface area contributed by atoms with Crippen molar-refractivity contribution in [3.63, 3.8) is 0 Å². The van der Waals surface area contributed by atoms with E-state index in [1.165, 1.54) is 5.56 Å². The van der Waals surface area contributed by atoms with Crippen LogP contribution in [0.3, 0.4) is 0 Å². The van der Waals surface area contributed by atoms with Crippen molar-refractivity contribution in [2.75, 3.05) is 19.7 Å². The monoisotopic (exact) mass is 289 g/mol. The summed E-state index contributed by atoms with van der Waals surface area (Å²) in [7, 11) is 0. The van der Waals surface area contributed by atoms with Gasteiger partial charge in [0.25, 0.3) is 0 Å². The highest BCUT2D eigenvalue weighted by Crippen LogP contribution is 2.30. The number of carboxylic acids is 1. The van der Waals surface area contributed by atoms with E-state index in [9.17, 15) is 9.59 Å². The number of nitrogens with zero attached hydrogens (tertiary/aromatic N) is 1. The maximum atomic E-state index is 12.3. The number of carbonyl (C=O) groups is 2. The molecule has 1 aromatic rings. The summed E-state index contributed by atoms with van der Waals surface area (Å²) in [6.45, 7) is 1.49. The Bertz CT molecular complexity index is 557. The van der Waals surface area contributed by atoms with Crippen LogP contribution in [-0.4, -0.2) is 41.6 Å². The molecule has 5 nitrogen and oxygen atoms in total. The van der Waals surface area contributed by atoms with Crippen molar-refractivity contribution in [1.29, 1.82) is 0 Å². The second kappa shape index (κ2) is 5.85. The molecule has 3 rings (SSSR count). The summed E-state index contributed by atoms with van der Waals surface area (Å²) in [5.74, 6) is -1.25. The van der Waals surface area contributed by atoms with Crippen LogP contribution in [0.5, 0.6) is 0 Å². The molecule has 0 aliphatic carbocycles. The molecule has 0 spiro atoms. The van der Waals surface area contributed by atoms with Gasteiger partial charge in [0, 0.05) is 13.1 Å². The van der Waals surface area contributed by atoms with Crippen LogP contribution in [0.15, 0.2) is 24.3 Å². The highest BCUT2D eigenvalue weighted by Gasteiger charge is 2.32. The molecule has 2 aliphatic rings. The summed E-state index contributed by atoms with van der Waals surface area (Å²) in [6.07, 6.45) is 1.52. The highest BCUT2D eigenvalue weighted by molar-refractivity contribution is 5.79. The summed E-state index contributed by atoms with van der Waals surface area (Å²) < 4.78 is 5.75. The Labute approximate surface area is 123 Å². The van der Waals surface area contributed by atoms with Crippen LogP contribution in [0.1, 0.15) is 30.1 Å². The molecule has 1 saturated heterocycles. The lowest BCUT2D eigenvalue weighted by Crippen LogP contribution is -2.32. The number of amides is 1. The van der Waals surface area contributed by atoms with Crippen LogP contribution in [0.2, 0.25) is 0 Å². The first-order valence-electron chi connectivity index (χ1n) is 7.35. The largest absolute Gasteiger partial charge is 0.481 e. The van der Waals surface area contributed by atoms with E-state index in [4.69, 9.17) is 9.84 Å². The van der Waals surface area contributed by atoms with Gasteiger partial charge in [-0.2, -0.15) is 0 Å². The van der Waals surface area contributed by atoms with E-state index in [0.29, 0.717) is 32.5 Å². The Balaban J connectivity index is 1.65. The minimum absolute atomic E-state index is 0.0135. The zero-order valence-corrected chi connectivity index (χ0v) is 11.8. The Morgan fingerprint density at radius 3 is 2.90 bits per heavy atom. The molecule has 112 valence electrons. The van der Waals surface area contributed by atoms with Gasteiger partial charge in [-0.1, -0.05) is 24.3 Å². The average Bonchev–Trinajstić information content (AvgIpc) is 2.98. The quantitative estimate of drug-likeness (QED) is 0.918. The van der Waals surface area contributed by atoms with Gasteiger partial charge in [0.2, 0.25) is 5.91 Å². The molecule has 21 heavy (non-hydrogen) atoms. The fraction of sp³-hybridized carbons (Fsp3) is 0.500. The lowest BCUT2D eigenvalue weighted by atomic mass is 9.95. The summed E-state index contributed by atoms with van der Waals surface area (Å²) in [4.78, 5) is 25.0. The number of carbonyl (C=O) groups excluding carboxylic acids is 1. The van der Waals surface area contributed by atoms with Crippen molar-refractivity contribution in [3.05, 3.63) is 35.4 Å². The maximum Gasteiger partial charge on any atom is 0.308 e. The van der Waals surface area contributed by atoms with E-state index in [0.717, 1.165) is 12.0 Å². The van der Waals surface area contributed by atoms with E-state index in [1.54, 1.807) is 4.90 Å². The third kappa shape index (κ3) is 2.93. The van der Waals surface area contributed by atoms with Gasteiger partial charge in [-0.25, -0.2) is 0 Å². The number of benzene rings is 1. The van der Waals surface area contributed by atoms with E-state index in [2.05, 4.69) is 6.07 Å². The second-order valence-corrected chi connectivity index (χ2v) is 5.68. The molecule has 0 bridgehead atoms. The standard InChI is InChI=1S/C16H19NO4/c18-15(17-7-5-12(10-17)16(19)20)9-14-13-4-2-1-3-11(13)6-8-21-14/h1-4,12,14H,5-10H2,(H,19,20)/t12-,14-/m0/s1. The summed E-state index contributed by atoms with van der Waals surface area (Å²) in [6, 6.07) is 8.05. The molecule has 0 radical (unpaired) electrons. The number of likely N-dealkylation sites (tertiary alicyclic amines) is 1. The molecule has 2 atom stereocenters. The highest BCUT2D eigenvalue weighted by atomic mass is 16.5. The fourth-order valence-corrected chi connectivity index (χ4v) is 3.12. The molecule has 2 heterocycles. The minimum Gasteiger partial charge on any atom is -0.481 e. The average molecular weight is 289 g/mol. The van der Waals surface area contributed by atoms with E-state index in [1.807, 2.05) is 18.2 Å². The number of rotatable bonds is 3. The summed E-state index contributed by atoms with van der Waals surface area (Å²) in [5.41, 5.74) is 2.33. The zero-order chi connectivity index (χ0) is 14.8. The number of fused-ring (bicyclic) bond motifs is 1. The Morgan fingerprint density at radius 1 is 1.33 bits per heavy atom. The summed E-state index contributed by atoms with van der Waals surface area (Å²) in [5, 5.41) is 9.00. The molecule has 0 aromatic heterocycles. The maximum absolute atomic E-state index is 12.3. The van der Waals surface area contributed by atoms with Crippen molar-refractivity contribution in [1.82, 2.24) is 4.90 Å². The molecular formula is C16H19NO4. The first-order chi connectivity index (χ1) is 10.1. The van der Waals surface area contributed by atoms with Gasteiger partial charge in [0.05, 0.1) is 25.0 Å². The molecular weight excluding hydrogens is 270 g/mol. The predicted molar refractivity (Wildman–Crippen MR) is 75.8 cm³/mol. The van der Waals surface area contributed by atoms with E-state index < -0.39 is 11.9 Å². The zero-order valence-electron chi connectivity index (χ0n) is 11.8. The van der Waals surface area contributed by atoms with Gasteiger partial charge < -0.3 is 14.7 Å². The first-order valence-corrected chi connectivity index (χ1v) is 7.35. The lowest BCUT2D eigenvalue weighted by molar-refractivity contribution is -0.141. The van der Waals surface area contributed by atoms with Crippen molar-refractivity contribution in [3.8, 4) is 0 Å². The molecule has 5 heteroatoms. The Hall–Kier alpha value is -1.88. The van der Waals surface area contributed by atoms with Gasteiger partial charge in [-0.05, 0) is 24.0 Å². The number of ether oxygens (including phenoxy) is 1. The number of aliphatic carboxylic acids is 1. The van der Waals surface area contributed by atoms with Crippen LogP contribution in [-0.2, 0) is 20.7 Å². The van der Waals surface area contributed by atoms with Crippen molar-refractivity contribution >= 4 is 11.9 Å². The molecule has 2 aliphatic heterocycles. The van der Waals surface area contributed by atoms with Gasteiger partial charge in [0.15, 0.2) is 0 Å². The number of hydrogen-bond acceptors (Lipinski definition) is 3. The smallest absolute Gasteiger partial charge is 0.308 e. The molecule has 1 aromatic carbocycles. The molecule has 1 fully saturated rings. The topological polar surface area (TPSA) is 66.8 Å². The van der Waals surface area contributed by atoms with Gasteiger partial charge in [0.1, 0.15) is 0 Å². The first kappa shape index (κ1) is 14.1. The molecule has 0 unspecified atom stereocenters.